The molecule has 1 aromatic rings. The number of rotatable bonds is 6. The normalized spacial score (nSPS) is 13.0. The van der Waals surface area contributed by atoms with Gasteiger partial charge in [0.15, 0.2) is 0 Å². The van der Waals surface area contributed by atoms with Crippen molar-refractivity contribution in [2.24, 2.45) is 0 Å². The molecule has 1 atom stereocenters. The predicted octanol–water partition coefficient (Wildman–Crippen LogP) is 2.59. The van der Waals surface area contributed by atoms with Crippen LogP contribution in [0.5, 0.6) is 0 Å². The molecule has 0 fully saturated rings. The van der Waals surface area contributed by atoms with E-state index in [0.29, 0.717) is 0 Å². The zero-order chi connectivity index (χ0) is 15.3. The molecule has 0 saturated heterocycles. The maximum absolute atomic E-state index is 12.2. The lowest BCUT2D eigenvalue weighted by Crippen LogP contribution is -2.32. The molecule has 1 rings (SSSR count). The van der Waals surface area contributed by atoms with Crippen molar-refractivity contribution in [2.75, 3.05) is 7.11 Å². The number of hydrogen-bond donors (Lipinski definition) is 1. The minimum atomic E-state index is -3.68. The summed E-state index contributed by atoms with van der Waals surface area (Å²) in [6.45, 7) is 3.76. The largest absolute Gasteiger partial charge is 0.465 e. The number of halogens is 1. The van der Waals surface area contributed by atoms with Crippen molar-refractivity contribution in [2.45, 2.75) is 37.6 Å². The van der Waals surface area contributed by atoms with Crippen LogP contribution in [0.2, 0.25) is 5.02 Å². The third kappa shape index (κ3) is 4.19. The maximum atomic E-state index is 12.2. The van der Waals surface area contributed by atoms with Crippen molar-refractivity contribution >= 4 is 27.6 Å². The Balaban J connectivity index is 3.10. The number of carbonyl (C=O) groups excluding carboxylic acids is 1. The van der Waals surface area contributed by atoms with Crippen molar-refractivity contribution in [1.82, 2.24) is 4.72 Å². The Kier molecular flexibility index (Phi) is 5.98. The zero-order valence-corrected chi connectivity index (χ0v) is 13.2. The topological polar surface area (TPSA) is 72.5 Å². The second-order valence-corrected chi connectivity index (χ2v) is 6.57. The lowest BCUT2D eigenvalue weighted by Gasteiger charge is -2.14. The highest BCUT2D eigenvalue weighted by molar-refractivity contribution is 7.89. The van der Waals surface area contributed by atoms with E-state index in [1.807, 2.05) is 6.92 Å². The summed E-state index contributed by atoms with van der Waals surface area (Å²) in [6.07, 6.45) is 1.61. The van der Waals surface area contributed by atoms with Gasteiger partial charge in [0.1, 0.15) is 0 Å². The van der Waals surface area contributed by atoms with Crippen molar-refractivity contribution in [3.8, 4) is 0 Å². The van der Waals surface area contributed by atoms with Crippen molar-refractivity contribution in [3.63, 3.8) is 0 Å². The number of esters is 1. The Morgan fingerprint density at radius 2 is 2.10 bits per heavy atom. The first-order valence-corrected chi connectivity index (χ1v) is 8.08. The number of carbonyl (C=O) groups is 1. The van der Waals surface area contributed by atoms with Gasteiger partial charge >= 0.3 is 5.97 Å². The number of benzene rings is 1. The Morgan fingerprint density at radius 1 is 1.45 bits per heavy atom. The van der Waals surface area contributed by atoms with E-state index in [-0.39, 0.29) is 21.5 Å². The second kappa shape index (κ2) is 7.06. The fourth-order valence-electron chi connectivity index (χ4n) is 1.76. The third-order valence-corrected chi connectivity index (χ3v) is 4.65. The van der Waals surface area contributed by atoms with Crippen LogP contribution < -0.4 is 4.72 Å². The van der Waals surface area contributed by atoms with Crippen LogP contribution in [-0.4, -0.2) is 27.5 Å². The summed E-state index contributed by atoms with van der Waals surface area (Å²) in [5, 5.41) is 0.150. The van der Waals surface area contributed by atoms with Crippen LogP contribution in [0.1, 0.15) is 37.0 Å². The van der Waals surface area contributed by atoms with E-state index in [2.05, 4.69) is 9.46 Å². The van der Waals surface area contributed by atoms with Crippen molar-refractivity contribution < 1.29 is 17.9 Å². The second-order valence-electron chi connectivity index (χ2n) is 4.44. The lowest BCUT2D eigenvalue weighted by atomic mass is 10.2. The summed E-state index contributed by atoms with van der Waals surface area (Å²) in [7, 11) is -2.47. The van der Waals surface area contributed by atoms with Gasteiger partial charge in [0, 0.05) is 6.04 Å². The van der Waals surface area contributed by atoms with E-state index in [1.54, 1.807) is 6.92 Å². The number of hydrogen-bond acceptors (Lipinski definition) is 4. The molecule has 1 aromatic carbocycles. The van der Waals surface area contributed by atoms with E-state index >= 15 is 0 Å². The molecule has 1 N–H and O–H groups in total. The standard InChI is InChI=1S/C13H18ClNO4S/c1-4-5-9(2)15-20(17,18)10-6-7-12(14)11(8-10)13(16)19-3/h6-9,15H,4-5H2,1-3H3/t9-/m0/s1. The molecule has 0 bridgehead atoms. The average Bonchev–Trinajstić information content (AvgIpc) is 2.37. The zero-order valence-electron chi connectivity index (χ0n) is 11.6. The van der Waals surface area contributed by atoms with Gasteiger partial charge in [0.25, 0.3) is 0 Å². The molecule has 0 aliphatic heterocycles. The number of nitrogens with one attached hydrogen (secondary N) is 1. The van der Waals surface area contributed by atoms with E-state index in [9.17, 15) is 13.2 Å². The molecular weight excluding hydrogens is 302 g/mol. The summed E-state index contributed by atoms with van der Waals surface area (Å²) >= 11 is 5.86. The van der Waals surface area contributed by atoms with Crippen LogP contribution in [0.25, 0.3) is 0 Å². The quantitative estimate of drug-likeness (QED) is 0.818. The highest BCUT2D eigenvalue weighted by atomic mass is 35.5. The summed E-state index contributed by atoms with van der Waals surface area (Å²) in [5.41, 5.74) is 0.0280. The molecule has 0 amide bonds. The van der Waals surface area contributed by atoms with Crippen LogP contribution in [0.15, 0.2) is 23.1 Å². The van der Waals surface area contributed by atoms with Gasteiger partial charge in [-0.1, -0.05) is 24.9 Å². The molecular formula is C13H18ClNO4S. The number of ether oxygens (including phenoxy) is 1. The Morgan fingerprint density at radius 3 is 2.65 bits per heavy atom. The number of sulfonamides is 1. The maximum Gasteiger partial charge on any atom is 0.339 e. The molecule has 0 radical (unpaired) electrons. The summed E-state index contributed by atoms with van der Waals surface area (Å²) in [5.74, 6) is -0.673. The first-order chi connectivity index (χ1) is 9.31. The van der Waals surface area contributed by atoms with Gasteiger partial charge in [-0.15, -0.1) is 0 Å². The highest BCUT2D eigenvalue weighted by Crippen LogP contribution is 2.21. The molecule has 20 heavy (non-hydrogen) atoms. The van der Waals surface area contributed by atoms with Gasteiger partial charge in [-0.3, -0.25) is 0 Å². The minimum absolute atomic E-state index is 0.00902. The van der Waals surface area contributed by atoms with E-state index in [0.717, 1.165) is 12.8 Å². The van der Waals surface area contributed by atoms with Crippen LogP contribution in [0, 0.1) is 0 Å². The molecule has 7 heteroatoms. The lowest BCUT2D eigenvalue weighted by molar-refractivity contribution is 0.0600. The minimum Gasteiger partial charge on any atom is -0.465 e. The van der Waals surface area contributed by atoms with Crippen LogP contribution in [0.4, 0.5) is 0 Å². The molecule has 112 valence electrons. The van der Waals surface area contributed by atoms with Gasteiger partial charge in [-0.05, 0) is 31.5 Å². The van der Waals surface area contributed by atoms with Gasteiger partial charge in [0.2, 0.25) is 10.0 Å². The first-order valence-electron chi connectivity index (χ1n) is 6.22. The van der Waals surface area contributed by atoms with Crippen molar-refractivity contribution in [1.29, 1.82) is 0 Å². The summed E-state index contributed by atoms with van der Waals surface area (Å²) in [4.78, 5) is 11.5. The smallest absolute Gasteiger partial charge is 0.339 e. The fourth-order valence-corrected chi connectivity index (χ4v) is 3.26. The fraction of sp³-hybridized carbons (Fsp3) is 0.462. The van der Waals surface area contributed by atoms with Gasteiger partial charge in [-0.25, -0.2) is 17.9 Å². The van der Waals surface area contributed by atoms with Gasteiger partial charge in [0.05, 0.1) is 22.6 Å². The molecule has 0 unspecified atom stereocenters. The van der Waals surface area contributed by atoms with Crippen LogP contribution in [0.3, 0.4) is 0 Å². The molecule has 5 nitrogen and oxygen atoms in total. The van der Waals surface area contributed by atoms with Crippen molar-refractivity contribution in [3.05, 3.63) is 28.8 Å². The third-order valence-electron chi connectivity index (χ3n) is 2.73. The molecule has 0 saturated carbocycles. The summed E-state index contributed by atoms with van der Waals surface area (Å²) in [6, 6.07) is 3.76. The van der Waals surface area contributed by atoms with Crippen LogP contribution in [-0.2, 0) is 14.8 Å². The van der Waals surface area contributed by atoms with Gasteiger partial charge in [-0.2, -0.15) is 0 Å². The molecule has 0 spiro atoms. The molecule has 0 aliphatic carbocycles. The van der Waals surface area contributed by atoms with E-state index in [4.69, 9.17) is 11.6 Å². The van der Waals surface area contributed by atoms with Crippen LogP contribution >= 0.6 is 11.6 Å². The number of methoxy groups -OCH3 is 1. The first kappa shape index (κ1) is 16.9. The SMILES string of the molecule is CCC[C@H](C)NS(=O)(=O)c1ccc(Cl)c(C(=O)OC)c1. The average molecular weight is 320 g/mol. The highest BCUT2D eigenvalue weighted by Gasteiger charge is 2.20. The molecule has 0 heterocycles. The van der Waals surface area contributed by atoms with E-state index in [1.165, 1.54) is 25.3 Å². The molecule has 0 aliphatic rings. The summed E-state index contributed by atoms with van der Waals surface area (Å²) < 4.78 is 31.5. The Hall–Kier alpha value is -1.11. The Bertz CT molecular complexity index is 586. The van der Waals surface area contributed by atoms with E-state index < -0.39 is 16.0 Å². The predicted molar refractivity (Wildman–Crippen MR) is 77.5 cm³/mol. The Labute approximate surface area is 124 Å². The van der Waals surface area contributed by atoms with Gasteiger partial charge < -0.3 is 4.74 Å². The monoisotopic (exact) mass is 319 g/mol. The molecule has 0 aromatic heterocycles.